The fourth-order valence-corrected chi connectivity index (χ4v) is 3.38. The van der Waals surface area contributed by atoms with Gasteiger partial charge in [-0.15, -0.1) is 0 Å². The number of rotatable bonds is 5. The lowest BCUT2D eigenvalue weighted by Crippen LogP contribution is -2.54. The van der Waals surface area contributed by atoms with Crippen LogP contribution in [0.2, 0.25) is 5.02 Å². The van der Waals surface area contributed by atoms with Crippen molar-refractivity contribution < 1.29 is 19.1 Å². The van der Waals surface area contributed by atoms with Gasteiger partial charge >= 0.3 is 6.03 Å². The van der Waals surface area contributed by atoms with Gasteiger partial charge in [-0.05, 0) is 48.9 Å². The summed E-state index contributed by atoms with van der Waals surface area (Å²) in [6, 6.07) is 20.4. The summed E-state index contributed by atoms with van der Waals surface area (Å²) in [5.74, 6) is -0.870. The van der Waals surface area contributed by atoms with Gasteiger partial charge in [-0.1, -0.05) is 59.6 Å². The minimum Gasteiger partial charge on any atom is -0.489 e. The molecule has 6 nitrogen and oxygen atoms in total. The van der Waals surface area contributed by atoms with Crippen molar-refractivity contribution in [2.24, 2.45) is 0 Å². The fourth-order valence-electron chi connectivity index (χ4n) is 3.19. The van der Waals surface area contributed by atoms with Gasteiger partial charge in [0.25, 0.3) is 11.8 Å². The third-order valence-corrected chi connectivity index (χ3v) is 5.31. The zero-order chi connectivity index (χ0) is 22.7. The van der Waals surface area contributed by atoms with Gasteiger partial charge < -0.3 is 4.74 Å². The molecular weight excluding hydrogens is 428 g/mol. The molecule has 3 aromatic carbocycles. The number of anilines is 1. The number of hydrogen-bond acceptors (Lipinski definition) is 4. The molecule has 1 heterocycles. The highest BCUT2D eigenvalue weighted by atomic mass is 35.5. The minimum atomic E-state index is -0.800. The molecule has 0 aliphatic carbocycles. The zero-order valence-corrected chi connectivity index (χ0v) is 17.9. The van der Waals surface area contributed by atoms with Crippen molar-refractivity contribution >= 4 is 41.2 Å². The molecule has 0 saturated carbocycles. The average molecular weight is 447 g/mol. The van der Waals surface area contributed by atoms with E-state index >= 15 is 0 Å². The summed E-state index contributed by atoms with van der Waals surface area (Å²) in [7, 11) is 0. The maximum absolute atomic E-state index is 13.0. The van der Waals surface area contributed by atoms with Gasteiger partial charge in [-0.25, -0.2) is 9.69 Å². The van der Waals surface area contributed by atoms with Crippen LogP contribution in [-0.4, -0.2) is 17.8 Å². The molecule has 1 N–H and O–H groups in total. The third kappa shape index (κ3) is 4.55. The first kappa shape index (κ1) is 21.3. The Labute approximate surface area is 190 Å². The van der Waals surface area contributed by atoms with Crippen LogP contribution in [0, 0.1) is 6.92 Å². The lowest BCUT2D eigenvalue weighted by molar-refractivity contribution is -0.122. The summed E-state index contributed by atoms with van der Waals surface area (Å²) >= 11 is 6.14. The molecule has 0 unspecified atom stereocenters. The molecule has 0 radical (unpaired) electrons. The van der Waals surface area contributed by atoms with Crippen LogP contribution in [0.5, 0.6) is 5.75 Å². The summed E-state index contributed by atoms with van der Waals surface area (Å²) < 4.78 is 5.74. The van der Waals surface area contributed by atoms with Crippen LogP contribution in [0.3, 0.4) is 0 Å². The molecule has 4 rings (SSSR count). The Morgan fingerprint density at radius 3 is 2.31 bits per heavy atom. The second kappa shape index (κ2) is 9.08. The molecule has 0 bridgehead atoms. The molecule has 3 aromatic rings. The molecular formula is C25H19ClN2O4. The molecule has 1 aliphatic rings. The van der Waals surface area contributed by atoms with E-state index in [1.807, 2.05) is 37.3 Å². The van der Waals surface area contributed by atoms with Crippen LogP contribution < -0.4 is 15.0 Å². The van der Waals surface area contributed by atoms with Crippen LogP contribution in [0.15, 0.2) is 78.4 Å². The molecule has 0 aromatic heterocycles. The molecule has 1 aliphatic heterocycles. The maximum Gasteiger partial charge on any atom is 0.335 e. The molecule has 160 valence electrons. The predicted molar refractivity (Wildman–Crippen MR) is 122 cm³/mol. The van der Waals surface area contributed by atoms with Crippen LogP contribution in [0.1, 0.15) is 16.7 Å². The fraction of sp³-hybridized carbons (Fsp3) is 0.0800. The number of amides is 4. The maximum atomic E-state index is 13.0. The number of carbonyl (C=O) groups is 3. The molecule has 1 fully saturated rings. The normalized spacial score (nSPS) is 15.1. The topological polar surface area (TPSA) is 75.7 Å². The SMILES string of the molecule is Cc1ccc(/C=C2\C(=O)NC(=O)N(c3ccc(OCc4ccccc4Cl)cc3)C2=O)cc1. The number of aryl methyl sites for hydroxylation is 1. The summed E-state index contributed by atoms with van der Waals surface area (Å²) in [5.41, 5.74) is 2.78. The number of carbonyl (C=O) groups excluding carboxylic acids is 3. The summed E-state index contributed by atoms with van der Waals surface area (Å²) in [5, 5.41) is 2.83. The number of imide groups is 2. The van der Waals surface area contributed by atoms with Gasteiger partial charge in [0.2, 0.25) is 0 Å². The van der Waals surface area contributed by atoms with Crippen LogP contribution in [0.4, 0.5) is 10.5 Å². The number of nitrogens with zero attached hydrogens (tertiary/aromatic N) is 1. The number of barbiturate groups is 1. The summed E-state index contributed by atoms with van der Waals surface area (Å²) in [4.78, 5) is 38.6. The molecule has 0 spiro atoms. The standard InChI is InChI=1S/C25H19ClN2O4/c1-16-6-8-17(9-7-16)14-21-23(29)27-25(31)28(24(21)30)19-10-12-20(13-11-19)32-15-18-4-2-3-5-22(18)26/h2-14H,15H2,1H3,(H,27,29,31)/b21-14+. The van der Waals surface area contributed by atoms with Crippen molar-refractivity contribution in [1.82, 2.24) is 5.32 Å². The Morgan fingerprint density at radius 2 is 1.62 bits per heavy atom. The van der Waals surface area contributed by atoms with E-state index in [2.05, 4.69) is 5.32 Å². The lowest BCUT2D eigenvalue weighted by atomic mass is 10.1. The first-order valence-corrected chi connectivity index (χ1v) is 10.2. The van der Waals surface area contributed by atoms with Crippen molar-refractivity contribution in [3.8, 4) is 5.75 Å². The van der Waals surface area contributed by atoms with Crippen LogP contribution in [0.25, 0.3) is 6.08 Å². The molecule has 7 heteroatoms. The van der Waals surface area contributed by atoms with Gasteiger partial charge in [0.05, 0.1) is 5.69 Å². The van der Waals surface area contributed by atoms with Crippen molar-refractivity contribution in [3.05, 3.63) is 100 Å². The highest BCUT2D eigenvalue weighted by Gasteiger charge is 2.36. The number of halogens is 1. The van der Waals surface area contributed by atoms with Gasteiger partial charge in [0.1, 0.15) is 17.9 Å². The summed E-state index contributed by atoms with van der Waals surface area (Å²) in [6.45, 7) is 2.22. The lowest BCUT2D eigenvalue weighted by Gasteiger charge is -2.26. The Balaban J connectivity index is 1.53. The first-order chi connectivity index (χ1) is 15.4. The number of hydrogen-bond donors (Lipinski definition) is 1. The largest absolute Gasteiger partial charge is 0.489 e. The van der Waals surface area contributed by atoms with Crippen molar-refractivity contribution in [2.75, 3.05) is 4.90 Å². The Morgan fingerprint density at radius 1 is 0.938 bits per heavy atom. The Kier molecular flexibility index (Phi) is 6.05. The number of nitrogens with one attached hydrogen (secondary N) is 1. The number of urea groups is 1. The summed E-state index contributed by atoms with van der Waals surface area (Å²) in [6.07, 6.45) is 1.47. The van der Waals surface area contributed by atoms with E-state index < -0.39 is 17.8 Å². The van der Waals surface area contributed by atoms with E-state index in [1.165, 1.54) is 6.08 Å². The van der Waals surface area contributed by atoms with Crippen molar-refractivity contribution in [3.63, 3.8) is 0 Å². The number of ether oxygens (including phenoxy) is 1. The highest BCUT2D eigenvalue weighted by Crippen LogP contribution is 2.25. The molecule has 32 heavy (non-hydrogen) atoms. The smallest absolute Gasteiger partial charge is 0.335 e. The average Bonchev–Trinajstić information content (AvgIpc) is 2.78. The van der Waals surface area contributed by atoms with E-state index in [4.69, 9.17) is 16.3 Å². The molecule has 1 saturated heterocycles. The molecule has 0 atom stereocenters. The van der Waals surface area contributed by atoms with Gasteiger partial charge in [-0.3, -0.25) is 14.9 Å². The predicted octanol–water partition coefficient (Wildman–Crippen LogP) is 4.89. The van der Waals surface area contributed by atoms with E-state index in [-0.39, 0.29) is 12.2 Å². The van der Waals surface area contributed by atoms with E-state index in [0.717, 1.165) is 16.0 Å². The van der Waals surface area contributed by atoms with E-state index in [1.54, 1.807) is 42.5 Å². The van der Waals surface area contributed by atoms with E-state index in [9.17, 15) is 14.4 Å². The molecule has 4 amide bonds. The quantitative estimate of drug-likeness (QED) is 0.447. The minimum absolute atomic E-state index is 0.118. The third-order valence-electron chi connectivity index (χ3n) is 4.94. The van der Waals surface area contributed by atoms with Crippen molar-refractivity contribution in [1.29, 1.82) is 0 Å². The van der Waals surface area contributed by atoms with Crippen LogP contribution in [-0.2, 0) is 16.2 Å². The second-order valence-corrected chi connectivity index (χ2v) is 7.65. The van der Waals surface area contributed by atoms with Crippen LogP contribution >= 0.6 is 11.6 Å². The Bertz CT molecular complexity index is 1220. The van der Waals surface area contributed by atoms with Gasteiger partial charge in [-0.2, -0.15) is 0 Å². The monoisotopic (exact) mass is 446 g/mol. The first-order valence-electron chi connectivity index (χ1n) is 9.87. The number of benzene rings is 3. The van der Waals surface area contributed by atoms with Gasteiger partial charge in [0, 0.05) is 10.6 Å². The highest BCUT2D eigenvalue weighted by molar-refractivity contribution is 6.39. The zero-order valence-electron chi connectivity index (χ0n) is 17.2. The van der Waals surface area contributed by atoms with Gasteiger partial charge in [0.15, 0.2) is 0 Å². The van der Waals surface area contributed by atoms with Crippen molar-refractivity contribution in [2.45, 2.75) is 13.5 Å². The second-order valence-electron chi connectivity index (χ2n) is 7.24. The van der Waals surface area contributed by atoms with E-state index in [0.29, 0.717) is 22.0 Å². The Hall–Kier alpha value is -3.90.